The van der Waals surface area contributed by atoms with Crippen molar-refractivity contribution in [2.24, 2.45) is 0 Å². The smallest absolute Gasteiger partial charge is 0.369 e. The first-order chi connectivity index (χ1) is 44.5. The van der Waals surface area contributed by atoms with Crippen LogP contribution in [0.3, 0.4) is 0 Å². The number of ether oxygens (including phenoxy) is 1. The molecule has 1 amide bonds. The highest BCUT2D eigenvalue weighted by atomic mass is 79.9. The summed E-state index contributed by atoms with van der Waals surface area (Å²) in [4.78, 5) is 86.2. The second kappa shape index (κ2) is 29.9. The number of amides is 1. The maximum absolute atomic E-state index is 13.1. The first-order valence-electron chi connectivity index (χ1n) is 28.1. The van der Waals surface area contributed by atoms with Gasteiger partial charge >= 0.3 is 15.1 Å². The number of hydrogen-bond acceptors (Lipinski definition) is 15. The summed E-state index contributed by atoms with van der Waals surface area (Å²) in [5.41, 5.74) is 15.5. The number of aromatic nitrogens is 13. The van der Waals surface area contributed by atoms with Crippen molar-refractivity contribution in [3.05, 3.63) is 220 Å². The lowest BCUT2D eigenvalue weighted by Crippen LogP contribution is -2.25. The lowest BCUT2D eigenvalue weighted by molar-refractivity contribution is 0.0680. The summed E-state index contributed by atoms with van der Waals surface area (Å²) < 4.78 is 16.4. The SMILES string of the molecule is BrB(Br)Br.COc1ccc2c(n1)c(C(=O)O)nn2Cc1ccc2ncc(Cl)cc2c1.Cc1cc(N)nc(C)c1CNC(=O)c1nn(Cc2ccc3ncc(Cl)cc3c2)c2ccc(=O)[nH]c12.O=C(O)c1nn(Cc2ccc3ncc(Cl)cc3c2)c2ccc(=O)[nH]c12.[2H]CC. The Balaban J connectivity index is 0.000000159. The number of fused-ring (bicyclic) bond motifs is 6. The molecule has 13 aromatic rings. The molecule has 0 radical (unpaired) electrons. The number of aromatic amines is 2. The quantitative estimate of drug-likeness (QED) is 0.0619. The predicted octanol–water partition coefficient (Wildman–Crippen LogP) is 12.7. The maximum atomic E-state index is 13.1. The Morgan fingerprint density at radius 2 is 1.03 bits per heavy atom. The number of aryl methyl sites for hydroxylation is 2. The van der Waals surface area contributed by atoms with Gasteiger partial charge in [0.1, 0.15) is 22.4 Å². The zero-order valence-corrected chi connectivity index (χ0v) is 55.9. The number of carbonyl (C=O) groups excluding carboxylic acids is 1. The number of nitrogens with zero attached hydrogens (tertiary/aromatic N) is 11. The monoisotopic (exact) mass is 1490 g/mol. The van der Waals surface area contributed by atoms with Gasteiger partial charge in [-0.05, 0) is 121 Å². The Kier molecular flexibility index (Phi) is 21.4. The van der Waals surface area contributed by atoms with Crippen molar-refractivity contribution in [1.82, 2.24) is 69.5 Å². The third kappa shape index (κ3) is 16.1. The summed E-state index contributed by atoms with van der Waals surface area (Å²) in [5.74, 6) is -1.96. The van der Waals surface area contributed by atoms with Crippen molar-refractivity contribution in [3.63, 3.8) is 0 Å². The summed E-state index contributed by atoms with van der Waals surface area (Å²) in [7, 11) is 1.48. The normalized spacial score (nSPS) is 11.0. The number of aromatic carboxylic acids is 2. The molecule has 0 spiro atoms. The van der Waals surface area contributed by atoms with Gasteiger partial charge in [-0.3, -0.25) is 43.4 Å². The molecule has 0 fully saturated rings. The average Bonchev–Trinajstić information content (AvgIpc) is 1.70. The van der Waals surface area contributed by atoms with Crippen molar-refractivity contribution in [3.8, 4) is 5.88 Å². The molecule has 0 aliphatic rings. The molecule has 0 aliphatic carbocycles. The molecule has 468 valence electrons. The van der Waals surface area contributed by atoms with E-state index in [9.17, 15) is 34.2 Å². The van der Waals surface area contributed by atoms with Crippen LogP contribution in [0.5, 0.6) is 5.88 Å². The maximum Gasteiger partial charge on any atom is 0.369 e. The molecular weight excluding hydrogens is 1440 g/mol. The van der Waals surface area contributed by atoms with Gasteiger partial charge in [-0.25, -0.2) is 19.6 Å². The van der Waals surface area contributed by atoms with Crippen molar-refractivity contribution in [2.45, 2.75) is 53.9 Å². The van der Waals surface area contributed by atoms with Gasteiger partial charge in [-0.15, -0.1) is 47.3 Å². The van der Waals surface area contributed by atoms with Crippen LogP contribution in [0.25, 0.3) is 65.8 Å². The van der Waals surface area contributed by atoms with E-state index in [1.165, 1.54) is 19.2 Å². The minimum absolute atomic E-state index is 0.107. The lowest BCUT2D eigenvalue weighted by Gasteiger charge is -2.11. The Morgan fingerprint density at radius 3 is 1.47 bits per heavy atom. The molecule has 92 heavy (non-hydrogen) atoms. The van der Waals surface area contributed by atoms with Crippen LogP contribution in [0.15, 0.2) is 143 Å². The van der Waals surface area contributed by atoms with E-state index < -0.39 is 17.8 Å². The predicted molar refractivity (Wildman–Crippen MR) is 369 cm³/mol. The zero-order chi connectivity index (χ0) is 66.8. The van der Waals surface area contributed by atoms with Crippen LogP contribution in [-0.2, 0) is 26.2 Å². The number of carboxylic acid groups (broad SMARTS) is 2. The van der Waals surface area contributed by atoms with Gasteiger partial charge in [0.05, 0.1) is 74.9 Å². The van der Waals surface area contributed by atoms with Crippen LogP contribution in [0, 0.1) is 13.8 Å². The number of nitrogen functional groups attached to an aromatic ring is 1. The van der Waals surface area contributed by atoms with Crippen molar-refractivity contribution >= 4 is 175 Å². The molecule has 7 N–H and O–H groups in total. The molecule has 30 heteroatoms. The van der Waals surface area contributed by atoms with Crippen LogP contribution in [0.1, 0.15) is 80.2 Å². The molecule has 0 bridgehead atoms. The average molecular weight is 1490 g/mol. The van der Waals surface area contributed by atoms with Crippen molar-refractivity contribution < 1.29 is 30.7 Å². The summed E-state index contributed by atoms with van der Waals surface area (Å²) in [6.07, 6.45) is 4.79. The zero-order valence-electron chi connectivity index (χ0n) is 49.9. The van der Waals surface area contributed by atoms with Crippen LogP contribution < -0.4 is 26.9 Å². The highest BCUT2D eigenvalue weighted by Gasteiger charge is 2.22. The van der Waals surface area contributed by atoms with Crippen LogP contribution in [0.4, 0.5) is 5.82 Å². The fourth-order valence-corrected chi connectivity index (χ4v) is 10.3. The molecule has 23 nitrogen and oxygen atoms in total. The molecule has 0 saturated heterocycles. The summed E-state index contributed by atoms with van der Waals surface area (Å²) >= 11 is 27.4. The lowest BCUT2D eigenvalue weighted by atomic mass is 10.1. The van der Waals surface area contributed by atoms with Gasteiger partial charge in [0.15, 0.2) is 17.1 Å². The van der Waals surface area contributed by atoms with Gasteiger partial charge in [0.2, 0.25) is 17.0 Å². The van der Waals surface area contributed by atoms with E-state index in [4.69, 9.17) is 46.6 Å². The van der Waals surface area contributed by atoms with Crippen molar-refractivity contribution in [2.75, 3.05) is 12.8 Å². The van der Waals surface area contributed by atoms with E-state index in [-0.39, 0.29) is 43.4 Å². The van der Waals surface area contributed by atoms with Crippen LogP contribution in [0.2, 0.25) is 15.1 Å². The number of pyridine rings is 7. The molecular formula is C62H52BBr3Cl3N15O8. The summed E-state index contributed by atoms with van der Waals surface area (Å²) in [5, 5.41) is 38.9. The first-order valence-corrected chi connectivity index (χ1v) is 31.3. The van der Waals surface area contributed by atoms with Crippen LogP contribution in [-0.4, -0.2) is 103 Å². The Bertz CT molecular complexity index is 5090. The number of carbonyl (C=O) groups is 3. The Morgan fingerprint density at radius 1 is 0.620 bits per heavy atom. The van der Waals surface area contributed by atoms with Gasteiger partial charge in [0, 0.05) is 66.6 Å². The molecule has 0 atom stereocenters. The largest absolute Gasteiger partial charge is 0.481 e. The second-order valence-electron chi connectivity index (χ2n) is 19.9. The van der Waals surface area contributed by atoms with E-state index >= 15 is 0 Å². The number of halogens is 6. The number of carboxylic acids is 2. The van der Waals surface area contributed by atoms with Gasteiger partial charge in [-0.2, -0.15) is 15.3 Å². The molecule has 3 aromatic carbocycles. The van der Waals surface area contributed by atoms with Crippen molar-refractivity contribution in [1.29, 1.82) is 0 Å². The molecule has 13 rings (SSSR count). The van der Waals surface area contributed by atoms with Gasteiger partial charge in [-0.1, -0.05) is 66.8 Å². The molecule has 0 saturated carbocycles. The fourth-order valence-electron chi connectivity index (χ4n) is 9.82. The van der Waals surface area contributed by atoms with E-state index in [2.05, 4.69) is 103 Å². The summed E-state index contributed by atoms with van der Waals surface area (Å²) in [6, 6.07) is 34.0. The Labute approximate surface area is 563 Å². The number of benzene rings is 3. The minimum Gasteiger partial charge on any atom is -0.481 e. The highest BCUT2D eigenvalue weighted by molar-refractivity contribution is 9.69. The van der Waals surface area contributed by atoms with E-state index in [1.807, 2.05) is 86.6 Å². The third-order valence-electron chi connectivity index (χ3n) is 13.8. The van der Waals surface area contributed by atoms with E-state index in [0.717, 1.165) is 66.2 Å². The minimum atomic E-state index is -1.19. The van der Waals surface area contributed by atoms with E-state index in [1.54, 1.807) is 69.9 Å². The number of nitrogens with two attached hydrogens (primary N) is 1. The van der Waals surface area contributed by atoms with Crippen LogP contribution >= 0.6 is 82.1 Å². The molecule has 0 unspecified atom stereocenters. The number of rotatable bonds is 12. The standard InChI is InChI=1S/C25H22ClN7O2.C18H13ClN4O3.C17H11ClN4O3.C2H6.BBr3/c1-13-7-21(27)30-14(2)18(13)11-29-25(35)24-23-20(5-6-22(34)31-23)33(32-24)12-15-3-4-19-16(8-15)9-17(26)10-28-19;1-26-15-5-4-14-16(21-15)17(18(24)25)22-23(14)9-10-2-3-13-11(6-10)7-12(19)8-20-13;18-11-6-10-5-9(1-2-12(10)19-7-11)8-22-13-3-4-14(23)20-15(13)16(21-22)17(24)25;1-2;2-1(3)4/h3-10H,11-12H2,1-2H3,(H2,27,30)(H,29,35)(H,31,34);2-8H,9H2,1H3,(H,24,25);1-7H,8H2,(H,20,23)(H,24,25);1-2H3;/i;;;1D;. The van der Waals surface area contributed by atoms with Gasteiger partial charge in [0.25, 0.3) is 5.91 Å². The summed E-state index contributed by atoms with van der Waals surface area (Å²) in [6.45, 7) is 7.43. The molecule has 10 aromatic heterocycles. The Hall–Kier alpha value is -9.12. The second-order valence-corrected chi connectivity index (χ2v) is 27.7. The van der Waals surface area contributed by atoms with Gasteiger partial charge < -0.3 is 36.0 Å². The fraction of sp³-hybridized carbons (Fsp3) is 0.145. The number of hydrogen-bond donors (Lipinski definition) is 6. The topological polar surface area (TPSA) is 323 Å². The number of nitrogens with one attached hydrogen (secondary N) is 3. The van der Waals surface area contributed by atoms with E-state index in [0.29, 0.717) is 80.9 Å². The highest BCUT2D eigenvalue weighted by Crippen LogP contribution is 2.27. The molecule has 10 heterocycles. The number of anilines is 1. The number of H-pyrrole nitrogens is 2. The molecule has 0 aliphatic heterocycles. The number of methoxy groups -OCH3 is 1. The first kappa shape index (κ1) is 65.8. The third-order valence-corrected chi connectivity index (χ3v) is 14.4.